The number of hydrogen-bond acceptors (Lipinski definition) is 3. The van der Waals surface area contributed by atoms with Crippen LogP contribution in [-0.2, 0) is 4.79 Å². The molecule has 0 aromatic heterocycles. The molecular weight excluding hydrogens is 238 g/mol. The van der Waals surface area contributed by atoms with E-state index in [4.69, 9.17) is 0 Å². The van der Waals surface area contributed by atoms with Crippen LogP contribution < -0.4 is 0 Å². The Balaban J connectivity index is 2.11. The molecule has 0 radical (unpaired) electrons. The van der Waals surface area contributed by atoms with Gasteiger partial charge in [0.2, 0.25) is 5.91 Å². The van der Waals surface area contributed by atoms with E-state index in [0.29, 0.717) is 6.54 Å². The summed E-state index contributed by atoms with van der Waals surface area (Å²) in [7, 11) is 2.06. The van der Waals surface area contributed by atoms with Crippen molar-refractivity contribution in [3.05, 3.63) is 35.9 Å². The van der Waals surface area contributed by atoms with Crippen LogP contribution in [0.4, 0.5) is 0 Å². The van der Waals surface area contributed by atoms with Gasteiger partial charge in [0.25, 0.3) is 0 Å². The number of rotatable bonds is 2. The van der Waals surface area contributed by atoms with Crippen LogP contribution >= 0.6 is 0 Å². The van der Waals surface area contributed by atoms with E-state index < -0.39 is 5.92 Å². The summed E-state index contributed by atoms with van der Waals surface area (Å²) in [4.78, 5) is 16.5. The summed E-state index contributed by atoms with van der Waals surface area (Å²) >= 11 is 0. The molecule has 4 nitrogen and oxygen atoms in total. The van der Waals surface area contributed by atoms with Gasteiger partial charge < -0.3 is 9.80 Å². The van der Waals surface area contributed by atoms with E-state index in [9.17, 15) is 10.1 Å². The summed E-state index contributed by atoms with van der Waals surface area (Å²) in [5.41, 5.74) is 0.785. The van der Waals surface area contributed by atoms with Crippen molar-refractivity contribution in [2.24, 2.45) is 0 Å². The molecule has 0 bridgehead atoms. The number of amides is 1. The van der Waals surface area contributed by atoms with Crippen molar-refractivity contribution in [2.45, 2.75) is 12.3 Å². The van der Waals surface area contributed by atoms with E-state index in [2.05, 4.69) is 18.0 Å². The molecule has 19 heavy (non-hydrogen) atoms. The van der Waals surface area contributed by atoms with Crippen molar-refractivity contribution in [1.82, 2.24) is 9.80 Å². The molecule has 1 amide bonds. The first-order valence-electron chi connectivity index (χ1n) is 6.64. The quantitative estimate of drug-likeness (QED) is 0.806. The predicted molar refractivity (Wildman–Crippen MR) is 73.5 cm³/mol. The Hall–Kier alpha value is -1.86. The molecule has 0 saturated carbocycles. The number of nitriles is 1. The second-order valence-electron chi connectivity index (χ2n) is 4.95. The zero-order valence-electron chi connectivity index (χ0n) is 11.2. The van der Waals surface area contributed by atoms with Gasteiger partial charge in [-0.2, -0.15) is 5.26 Å². The van der Waals surface area contributed by atoms with Crippen molar-refractivity contribution in [2.75, 3.05) is 33.2 Å². The molecule has 1 heterocycles. The van der Waals surface area contributed by atoms with Gasteiger partial charge in [-0.25, -0.2) is 0 Å². The number of carbonyl (C=O) groups is 1. The van der Waals surface area contributed by atoms with Crippen LogP contribution in [-0.4, -0.2) is 48.9 Å². The van der Waals surface area contributed by atoms with Gasteiger partial charge in [-0.3, -0.25) is 4.79 Å². The topological polar surface area (TPSA) is 47.3 Å². The Bertz CT molecular complexity index is 466. The van der Waals surface area contributed by atoms with Crippen LogP contribution in [0.3, 0.4) is 0 Å². The van der Waals surface area contributed by atoms with Crippen molar-refractivity contribution in [3.8, 4) is 6.07 Å². The molecule has 0 spiro atoms. The van der Waals surface area contributed by atoms with Crippen LogP contribution in [0.15, 0.2) is 30.3 Å². The summed E-state index contributed by atoms with van der Waals surface area (Å²) in [5, 5.41) is 9.29. The van der Waals surface area contributed by atoms with Crippen LogP contribution in [0.2, 0.25) is 0 Å². The molecular formula is C15H19N3O. The fourth-order valence-corrected chi connectivity index (χ4v) is 2.37. The molecule has 1 saturated heterocycles. The molecule has 1 aromatic carbocycles. The van der Waals surface area contributed by atoms with Crippen LogP contribution in [0.1, 0.15) is 17.9 Å². The maximum Gasteiger partial charge on any atom is 0.244 e. The van der Waals surface area contributed by atoms with Gasteiger partial charge in [0.15, 0.2) is 0 Å². The molecule has 100 valence electrons. The Morgan fingerprint density at radius 1 is 1.21 bits per heavy atom. The Labute approximate surface area is 114 Å². The fourth-order valence-electron chi connectivity index (χ4n) is 2.37. The highest BCUT2D eigenvalue weighted by atomic mass is 16.2. The van der Waals surface area contributed by atoms with Gasteiger partial charge in [-0.05, 0) is 25.6 Å². The minimum atomic E-state index is -0.676. The number of nitrogens with zero attached hydrogens (tertiary/aromatic N) is 3. The SMILES string of the molecule is CN1CCCN(C(=O)C(C#N)c2ccccc2)CC1. The molecule has 2 rings (SSSR count). The largest absolute Gasteiger partial charge is 0.340 e. The molecule has 0 N–H and O–H groups in total. The maximum atomic E-state index is 12.5. The summed E-state index contributed by atoms with van der Waals surface area (Å²) in [5.74, 6) is -0.742. The van der Waals surface area contributed by atoms with Gasteiger partial charge in [0.1, 0.15) is 5.92 Å². The Morgan fingerprint density at radius 2 is 1.95 bits per heavy atom. The third-order valence-corrected chi connectivity index (χ3v) is 3.54. The standard InChI is InChI=1S/C15H19N3O/c1-17-8-5-9-18(11-10-17)15(19)14(12-16)13-6-3-2-4-7-13/h2-4,6-7,14H,5,8-11H2,1H3. The summed E-state index contributed by atoms with van der Waals surface area (Å²) < 4.78 is 0. The van der Waals surface area contributed by atoms with Crippen molar-refractivity contribution >= 4 is 5.91 Å². The van der Waals surface area contributed by atoms with Crippen LogP contribution in [0.5, 0.6) is 0 Å². The Kier molecular flexibility index (Phi) is 4.53. The second kappa shape index (κ2) is 6.35. The monoisotopic (exact) mass is 257 g/mol. The molecule has 1 unspecified atom stereocenters. The fraction of sp³-hybridized carbons (Fsp3) is 0.467. The van der Waals surface area contributed by atoms with Gasteiger partial charge in [0, 0.05) is 19.6 Å². The average Bonchev–Trinajstić information content (AvgIpc) is 2.65. The summed E-state index contributed by atoms with van der Waals surface area (Å²) in [6, 6.07) is 11.4. The summed E-state index contributed by atoms with van der Waals surface area (Å²) in [6.45, 7) is 3.33. The second-order valence-corrected chi connectivity index (χ2v) is 4.95. The van der Waals surface area contributed by atoms with E-state index in [0.717, 1.165) is 31.6 Å². The van der Waals surface area contributed by atoms with Gasteiger partial charge in [0.05, 0.1) is 6.07 Å². The highest BCUT2D eigenvalue weighted by Crippen LogP contribution is 2.18. The molecule has 1 aromatic rings. The van der Waals surface area contributed by atoms with Gasteiger partial charge in [-0.1, -0.05) is 30.3 Å². The van der Waals surface area contributed by atoms with Crippen molar-refractivity contribution in [1.29, 1.82) is 5.26 Å². The van der Waals surface area contributed by atoms with E-state index in [1.165, 1.54) is 0 Å². The van der Waals surface area contributed by atoms with E-state index in [1.54, 1.807) is 0 Å². The zero-order valence-corrected chi connectivity index (χ0v) is 11.2. The highest BCUT2D eigenvalue weighted by Gasteiger charge is 2.26. The number of carbonyl (C=O) groups excluding carboxylic acids is 1. The van der Waals surface area contributed by atoms with E-state index >= 15 is 0 Å². The van der Waals surface area contributed by atoms with Crippen LogP contribution in [0, 0.1) is 11.3 Å². The maximum absolute atomic E-state index is 12.5. The lowest BCUT2D eigenvalue weighted by molar-refractivity contribution is -0.131. The molecule has 1 atom stereocenters. The highest BCUT2D eigenvalue weighted by molar-refractivity contribution is 5.86. The molecule has 1 aliphatic rings. The first kappa shape index (κ1) is 13.6. The van der Waals surface area contributed by atoms with Crippen molar-refractivity contribution in [3.63, 3.8) is 0 Å². The lowest BCUT2D eigenvalue weighted by atomic mass is 9.99. The van der Waals surface area contributed by atoms with E-state index in [1.807, 2.05) is 35.2 Å². The molecule has 1 aliphatic heterocycles. The molecule has 1 fully saturated rings. The normalized spacial score (nSPS) is 18.4. The lowest BCUT2D eigenvalue weighted by Crippen LogP contribution is -2.37. The van der Waals surface area contributed by atoms with Crippen LogP contribution in [0.25, 0.3) is 0 Å². The Morgan fingerprint density at radius 3 is 2.63 bits per heavy atom. The number of benzene rings is 1. The van der Waals surface area contributed by atoms with Crippen molar-refractivity contribution < 1.29 is 4.79 Å². The minimum absolute atomic E-state index is 0.0657. The minimum Gasteiger partial charge on any atom is -0.340 e. The summed E-state index contributed by atoms with van der Waals surface area (Å²) in [6.07, 6.45) is 0.967. The van der Waals surface area contributed by atoms with E-state index in [-0.39, 0.29) is 5.91 Å². The predicted octanol–water partition coefficient (Wildman–Crippen LogP) is 1.46. The van der Waals surface area contributed by atoms with Gasteiger partial charge in [-0.15, -0.1) is 0 Å². The average molecular weight is 257 g/mol. The number of likely N-dealkylation sites (N-methyl/N-ethyl adjacent to an activating group) is 1. The first-order chi connectivity index (χ1) is 9.22. The molecule has 0 aliphatic carbocycles. The molecule has 4 heteroatoms. The van der Waals surface area contributed by atoms with Gasteiger partial charge >= 0.3 is 0 Å². The first-order valence-corrected chi connectivity index (χ1v) is 6.64. The number of hydrogen-bond donors (Lipinski definition) is 0. The third kappa shape index (κ3) is 3.33. The zero-order chi connectivity index (χ0) is 13.7. The third-order valence-electron chi connectivity index (χ3n) is 3.54. The smallest absolute Gasteiger partial charge is 0.244 e. The lowest BCUT2D eigenvalue weighted by Gasteiger charge is -2.23.